The molecule has 0 radical (unpaired) electrons. The molecule has 0 saturated carbocycles. The van der Waals surface area contributed by atoms with Crippen LogP contribution in [0.15, 0.2) is 115 Å². The van der Waals surface area contributed by atoms with Gasteiger partial charge in [0.15, 0.2) is 0 Å². The number of benzene rings is 5. The zero-order valence-electron chi connectivity index (χ0n) is 16.8. The maximum atomic E-state index is 12.1. The fourth-order valence-corrected chi connectivity index (χ4v) is 4.18. The molecule has 1 N–H and O–H groups in total. The Labute approximate surface area is 181 Å². The molecule has 0 atom stereocenters. The van der Waals surface area contributed by atoms with E-state index in [2.05, 4.69) is 30.3 Å². The van der Waals surface area contributed by atoms with Crippen LogP contribution in [0.1, 0.15) is 10.4 Å². The van der Waals surface area contributed by atoms with Crippen LogP contribution < -0.4 is 0 Å². The van der Waals surface area contributed by atoms with Crippen LogP contribution in [0, 0.1) is 0 Å². The number of rotatable bonds is 4. The van der Waals surface area contributed by atoms with E-state index in [1.165, 1.54) is 0 Å². The van der Waals surface area contributed by atoms with Crippen molar-refractivity contribution in [1.82, 2.24) is 0 Å². The number of aromatic carboxylic acids is 1. The van der Waals surface area contributed by atoms with Crippen LogP contribution in [0.2, 0.25) is 0 Å². The van der Waals surface area contributed by atoms with Gasteiger partial charge in [-0.3, -0.25) is 0 Å². The van der Waals surface area contributed by atoms with E-state index in [0.29, 0.717) is 5.56 Å². The number of fused-ring (bicyclic) bond motifs is 1. The minimum Gasteiger partial charge on any atom is -0.478 e. The van der Waals surface area contributed by atoms with Crippen molar-refractivity contribution in [3.63, 3.8) is 0 Å². The summed E-state index contributed by atoms with van der Waals surface area (Å²) in [5.41, 5.74) is 6.40. The summed E-state index contributed by atoms with van der Waals surface area (Å²) in [4.78, 5) is 12.1. The molecule has 148 valence electrons. The molecular weight excluding hydrogens is 380 g/mol. The summed E-state index contributed by atoms with van der Waals surface area (Å²) in [6.45, 7) is 0. The van der Waals surface area contributed by atoms with Crippen molar-refractivity contribution in [1.29, 1.82) is 0 Å². The van der Waals surface area contributed by atoms with Gasteiger partial charge in [-0.1, -0.05) is 103 Å². The van der Waals surface area contributed by atoms with Crippen molar-refractivity contribution in [3.8, 4) is 33.4 Å². The fourth-order valence-electron chi connectivity index (χ4n) is 4.18. The molecule has 0 spiro atoms. The Kier molecular flexibility index (Phi) is 4.81. The van der Waals surface area contributed by atoms with E-state index >= 15 is 0 Å². The van der Waals surface area contributed by atoms with Gasteiger partial charge in [0.2, 0.25) is 0 Å². The second-order valence-electron chi connectivity index (χ2n) is 7.51. The Morgan fingerprint density at radius 3 is 1.61 bits per heavy atom. The van der Waals surface area contributed by atoms with Gasteiger partial charge in [0.25, 0.3) is 0 Å². The second kappa shape index (κ2) is 7.92. The quantitative estimate of drug-likeness (QED) is 0.338. The summed E-state index contributed by atoms with van der Waals surface area (Å²) >= 11 is 0. The van der Waals surface area contributed by atoms with Crippen LogP contribution in [0.25, 0.3) is 44.2 Å². The smallest absolute Gasteiger partial charge is 0.336 e. The lowest BCUT2D eigenvalue weighted by molar-refractivity contribution is 0.0698. The maximum Gasteiger partial charge on any atom is 0.336 e. The fraction of sp³-hybridized carbons (Fsp3) is 0. The summed E-state index contributed by atoms with van der Waals surface area (Å²) in [5, 5.41) is 11.9. The van der Waals surface area contributed by atoms with Gasteiger partial charge in [-0.2, -0.15) is 0 Å². The SMILES string of the molecule is O=C(O)c1cc2ccc(-c3ccccc3)c(-c3ccccc3)c2cc1-c1ccccc1. The van der Waals surface area contributed by atoms with Gasteiger partial charge in [0.1, 0.15) is 0 Å². The molecule has 0 bridgehead atoms. The van der Waals surface area contributed by atoms with Crippen LogP contribution in [0.4, 0.5) is 0 Å². The molecule has 31 heavy (non-hydrogen) atoms. The zero-order valence-corrected chi connectivity index (χ0v) is 16.8. The minimum absolute atomic E-state index is 0.310. The molecule has 0 saturated heterocycles. The number of hydrogen-bond donors (Lipinski definition) is 1. The van der Waals surface area contributed by atoms with Gasteiger partial charge in [-0.15, -0.1) is 0 Å². The standard InChI is InChI=1S/C29H20O2/c30-29(31)27-18-23-16-17-24(20-10-4-1-5-11-20)28(22-14-8-3-9-15-22)26(23)19-25(27)21-12-6-2-7-13-21/h1-19H,(H,30,31). The molecule has 0 aromatic heterocycles. The highest BCUT2D eigenvalue weighted by Crippen LogP contribution is 2.40. The number of carbonyl (C=O) groups is 1. The van der Waals surface area contributed by atoms with E-state index in [9.17, 15) is 9.90 Å². The molecule has 0 heterocycles. The van der Waals surface area contributed by atoms with Gasteiger partial charge in [0.05, 0.1) is 5.56 Å². The third-order valence-electron chi connectivity index (χ3n) is 5.62. The predicted molar refractivity (Wildman–Crippen MR) is 127 cm³/mol. The first-order chi connectivity index (χ1) is 15.2. The van der Waals surface area contributed by atoms with Crippen molar-refractivity contribution >= 4 is 16.7 Å². The molecule has 2 heteroatoms. The van der Waals surface area contributed by atoms with Crippen molar-refractivity contribution in [2.24, 2.45) is 0 Å². The highest BCUT2D eigenvalue weighted by atomic mass is 16.4. The number of carboxylic acid groups (broad SMARTS) is 1. The third-order valence-corrected chi connectivity index (χ3v) is 5.62. The molecule has 0 amide bonds. The van der Waals surface area contributed by atoms with E-state index in [4.69, 9.17) is 0 Å². The van der Waals surface area contributed by atoms with E-state index in [0.717, 1.165) is 44.2 Å². The summed E-state index contributed by atoms with van der Waals surface area (Å²) in [6, 6.07) is 38.2. The summed E-state index contributed by atoms with van der Waals surface area (Å²) in [7, 11) is 0. The third kappa shape index (κ3) is 3.49. The van der Waals surface area contributed by atoms with E-state index < -0.39 is 5.97 Å². The van der Waals surface area contributed by atoms with E-state index in [1.807, 2.05) is 78.9 Å². The average Bonchev–Trinajstić information content (AvgIpc) is 2.84. The Hall–Kier alpha value is -4.17. The summed E-state index contributed by atoms with van der Waals surface area (Å²) in [6.07, 6.45) is 0. The Morgan fingerprint density at radius 1 is 0.548 bits per heavy atom. The molecule has 0 fully saturated rings. The Bertz CT molecular complexity index is 1370. The first-order valence-corrected chi connectivity index (χ1v) is 10.2. The largest absolute Gasteiger partial charge is 0.478 e. The first kappa shape index (κ1) is 18.8. The van der Waals surface area contributed by atoms with Crippen LogP contribution in [-0.2, 0) is 0 Å². The summed E-state index contributed by atoms with van der Waals surface area (Å²) in [5.74, 6) is -0.922. The van der Waals surface area contributed by atoms with Crippen molar-refractivity contribution < 1.29 is 9.90 Å². The number of hydrogen-bond acceptors (Lipinski definition) is 1. The van der Waals surface area contributed by atoms with Crippen LogP contribution in [0.5, 0.6) is 0 Å². The average molecular weight is 400 g/mol. The van der Waals surface area contributed by atoms with Crippen molar-refractivity contribution in [2.75, 3.05) is 0 Å². The number of carboxylic acids is 1. The van der Waals surface area contributed by atoms with Crippen molar-refractivity contribution in [2.45, 2.75) is 0 Å². The van der Waals surface area contributed by atoms with Gasteiger partial charge in [0, 0.05) is 0 Å². The topological polar surface area (TPSA) is 37.3 Å². The van der Waals surface area contributed by atoms with Gasteiger partial charge in [-0.05, 0) is 56.3 Å². The van der Waals surface area contributed by atoms with Crippen LogP contribution in [-0.4, -0.2) is 11.1 Å². The highest BCUT2D eigenvalue weighted by Gasteiger charge is 2.17. The molecular formula is C29H20O2. The molecule has 0 aliphatic rings. The second-order valence-corrected chi connectivity index (χ2v) is 7.51. The maximum absolute atomic E-state index is 12.1. The zero-order chi connectivity index (χ0) is 21.2. The monoisotopic (exact) mass is 400 g/mol. The lowest BCUT2D eigenvalue weighted by atomic mass is 9.87. The van der Waals surface area contributed by atoms with E-state index in [-0.39, 0.29) is 0 Å². The van der Waals surface area contributed by atoms with Gasteiger partial charge in [-0.25, -0.2) is 4.79 Å². The molecule has 2 nitrogen and oxygen atoms in total. The molecule has 0 aliphatic carbocycles. The molecule has 0 aliphatic heterocycles. The molecule has 5 aromatic rings. The van der Waals surface area contributed by atoms with E-state index in [1.54, 1.807) is 6.07 Å². The normalized spacial score (nSPS) is 10.8. The lowest BCUT2D eigenvalue weighted by Gasteiger charge is -2.17. The lowest BCUT2D eigenvalue weighted by Crippen LogP contribution is -2.00. The van der Waals surface area contributed by atoms with Crippen LogP contribution >= 0.6 is 0 Å². The van der Waals surface area contributed by atoms with Crippen molar-refractivity contribution in [3.05, 3.63) is 121 Å². The Balaban J connectivity index is 1.89. The van der Waals surface area contributed by atoms with Gasteiger partial charge >= 0.3 is 5.97 Å². The first-order valence-electron chi connectivity index (χ1n) is 10.2. The molecule has 5 aromatic carbocycles. The molecule has 0 unspecified atom stereocenters. The molecule has 5 rings (SSSR count). The van der Waals surface area contributed by atoms with Gasteiger partial charge < -0.3 is 5.11 Å². The Morgan fingerprint density at radius 2 is 1.06 bits per heavy atom. The summed E-state index contributed by atoms with van der Waals surface area (Å²) < 4.78 is 0. The highest BCUT2D eigenvalue weighted by molar-refractivity contribution is 6.09. The van der Waals surface area contributed by atoms with Crippen LogP contribution in [0.3, 0.4) is 0 Å². The minimum atomic E-state index is -0.922. The predicted octanol–water partition coefficient (Wildman–Crippen LogP) is 7.54.